The van der Waals surface area contributed by atoms with E-state index in [1.807, 2.05) is 0 Å². The lowest BCUT2D eigenvalue weighted by Gasteiger charge is -2.18. The minimum absolute atomic E-state index is 0.0756. The van der Waals surface area contributed by atoms with Crippen LogP contribution in [-0.4, -0.2) is 37.2 Å². The molecule has 6 nitrogen and oxygen atoms in total. The lowest BCUT2D eigenvalue weighted by molar-refractivity contribution is -0.167. The molecule has 0 fully saturated rings. The number of carbonyl (C=O) groups excluding carboxylic acids is 3. The first kappa shape index (κ1) is 53.6. The SMILES string of the molecule is CC/C=C\C/C=C\CCCCCCCCCC(=O)OCC(COC(=O)CCCCCCCCCCCCCC)OC(=O)CCCCCCC/C=C\CCCCC. The average molecular weight is 787 g/mol. The van der Waals surface area contributed by atoms with Crippen LogP contribution in [0.2, 0.25) is 0 Å². The number of carbonyl (C=O) groups is 3. The third-order valence-electron chi connectivity index (χ3n) is 10.4. The normalized spacial score (nSPS) is 12.3. The van der Waals surface area contributed by atoms with Gasteiger partial charge in [-0.25, -0.2) is 0 Å². The summed E-state index contributed by atoms with van der Waals surface area (Å²) in [4.78, 5) is 37.8. The Hall–Kier alpha value is -2.37. The number of allylic oxidation sites excluding steroid dienone is 6. The molecule has 1 unspecified atom stereocenters. The molecule has 0 amide bonds. The monoisotopic (exact) mass is 787 g/mol. The molecule has 0 spiro atoms. The zero-order valence-electron chi connectivity index (χ0n) is 37.2. The molecule has 1 atom stereocenters. The van der Waals surface area contributed by atoms with E-state index in [1.54, 1.807) is 0 Å². The minimum atomic E-state index is -0.774. The van der Waals surface area contributed by atoms with E-state index in [-0.39, 0.29) is 31.1 Å². The van der Waals surface area contributed by atoms with E-state index in [9.17, 15) is 14.4 Å². The van der Waals surface area contributed by atoms with Gasteiger partial charge in [-0.3, -0.25) is 14.4 Å². The average Bonchev–Trinajstić information content (AvgIpc) is 3.19. The van der Waals surface area contributed by atoms with Gasteiger partial charge in [0.2, 0.25) is 0 Å². The van der Waals surface area contributed by atoms with E-state index < -0.39 is 6.10 Å². The highest BCUT2D eigenvalue weighted by molar-refractivity contribution is 5.71. The Morgan fingerprint density at radius 1 is 0.375 bits per heavy atom. The Morgan fingerprint density at radius 3 is 1.12 bits per heavy atom. The molecule has 0 saturated heterocycles. The van der Waals surface area contributed by atoms with Crippen LogP contribution in [0.1, 0.15) is 245 Å². The van der Waals surface area contributed by atoms with Gasteiger partial charge in [0.05, 0.1) is 0 Å². The Morgan fingerprint density at radius 2 is 0.696 bits per heavy atom. The molecular formula is C50H90O6. The van der Waals surface area contributed by atoms with E-state index in [0.717, 1.165) is 89.9 Å². The Bertz CT molecular complexity index is 953. The fraction of sp³-hybridized carbons (Fsp3) is 0.820. The predicted molar refractivity (Wildman–Crippen MR) is 238 cm³/mol. The lowest BCUT2D eigenvalue weighted by atomic mass is 10.0. The molecule has 0 aliphatic heterocycles. The summed E-state index contributed by atoms with van der Waals surface area (Å²) in [5, 5.41) is 0. The van der Waals surface area contributed by atoms with Crippen molar-refractivity contribution in [1.82, 2.24) is 0 Å². The van der Waals surface area contributed by atoms with Gasteiger partial charge in [-0.05, 0) is 70.6 Å². The highest BCUT2D eigenvalue weighted by atomic mass is 16.6. The van der Waals surface area contributed by atoms with E-state index in [2.05, 4.69) is 57.2 Å². The maximum absolute atomic E-state index is 12.7. The summed E-state index contributed by atoms with van der Waals surface area (Å²) >= 11 is 0. The first-order chi connectivity index (χ1) is 27.5. The van der Waals surface area contributed by atoms with Gasteiger partial charge in [0.25, 0.3) is 0 Å². The molecule has 0 radical (unpaired) electrons. The quantitative estimate of drug-likeness (QED) is 0.0265. The van der Waals surface area contributed by atoms with E-state index in [0.29, 0.717) is 19.3 Å². The van der Waals surface area contributed by atoms with E-state index >= 15 is 0 Å². The molecule has 0 aromatic rings. The third kappa shape index (κ3) is 42.8. The van der Waals surface area contributed by atoms with Gasteiger partial charge < -0.3 is 14.2 Å². The number of ether oxygens (including phenoxy) is 3. The van der Waals surface area contributed by atoms with Crippen LogP contribution in [-0.2, 0) is 28.6 Å². The summed E-state index contributed by atoms with van der Waals surface area (Å²) < 4.78 is 16.7. The van der Waals surface area contributed by atoms with Crippen molar-refractivity contribution in [2.75, 3.05) is 13.2 Å². The van der Waals surface area contributed by atoms with Crippen LogP contribution in [0.15, 0.2) is 36.5 Å². The van der Waals surface area contributed by atoms with Crippen LogP contribution in [0.25, 0.3) is 0 Å². The lowest BCUT2D eigenvalue weighted by Crippen LogP contribution is -2.30. The van der Waals surface area contributed by atoms with Crippen LogP contribution in [0.4, 0.5) is 0 Å². The maximum atomic E-state index is 12.7. The third-order valence-corrected chi connectivity index (χ3v) is 10.4. The summed E-state index contributed by atoms with van der Waals surface area (Å²) in [6.07, 6.45) is 51.2. The van der Waals surface area contributed by atoms with Crippen molar-refractivity contribution in [3.05, 3.63) is 36.5 Å². The standard InChI is InChI=1S/C50H90O6/c1-4-7-10-13-16-19-22-25-26-29-31-34-37-40-43-49(52)55-46-47(56-50(53)44-41-38-35-32-28-24-21-18-15-12-9-6-3)45-54-48(51)42-39-36-33-30-27-23-20-17-14-11-8-5-2/h7,10,16,18-19,21,47H,4-6,8-9,11-15,17,20,22-46H2,1-3H3/b10-7-,19-16-,21-18-. The molecule has 0 aromatic carbocycles. The molecule has 0 aliphatic rings. The zero-order valence-corrected chi connectivity index (χ0v) is 37.2. The smallest absolute Gasteiger partial charge is 0.306 e. The van der Waals surface area contributed by atoms with Crippen molar-refractivity contribution in [2.45, 2.75) is 252 Å². The fourth-order valence-corrected chi connectivity index (χ4v) is 6.77. The summed E-state index contributed by atoms with van der Waals surface area (Å²) in [5.74, 6) is -0.889. The molecule has 0 aliphatic carbocycles. The summed E-state index contributed by atoms with van der Waals surface area (Å²) in [6, 6.07) is 0. The second kappa shape index (κ2) is 45.3. The van der Waals surface area contributed by atoms with Crippen LogP contribution >= 0.6 is 0 Å². The Labute approximate surface area is 346 Å². The number of hydrogen-bond acceptors (Lipinski definition) is 6. The molecule has 0 aromatic heterocycles. The van der Waals surface area contributed by atoms with Crippen LogP contribution in [0.5, 0.6) is 0 Å². The van der Waals surface area contributed by atoms with Crippen molar-refractivity contribution >= 4 is 17.9 Å². The summed E-state index contributed by atoms with van der Waals surface area (Å²) in [6.45, 7) is 6.50. The van der Waals surface area contributed by atoms with Gasteiger partial charge in [0.1, 0.15) is 13.2 Å². The fourth-order valence-electron chi connectivity index (χ4n) is 6.77. The van der Waals surface area contributed by atoms with Gasteiger partial charge in [0, 0.05) is 19.3 Å². The van der Waals surface area contributed by atoms with E-state index in [4.69, 9.17) is 14.2 Å². The molecule has 0 saturated carbocycles. The Balaban J connectivity index is 4.37. The van der Waals surface area contributed by atoms with Crippen LogP contribution < -0.4 is 0 Å². The molecule has 326 valence electrons. The number of rotatable bonds is 43. The Kier molecular flexibility index (Phi) is 43.4. The number of esters is 3. The highest BCUT2D eigenvalue weighted by Gasteiger charge is 2.19. The number of unbranched alkanes of at least 4 members (excludes halogenated alkanes) is 26. The van der Waals surface area contributed by atoms with Crippen molar-refractivity contribution in [3.8, 4) is 0 Å². The minimum Gasteiger partial charge on any atom is -0.462 e. The van der Waals surface area contributed by atoms with Crippen LogP contribution in [0.3, 0.4) is 0 Å². The molecule has 0 bridgehead atoms. The second-order valence-electron chi connectivity index (χ2n) is 16.0. The molecule has 6 heteroatoms. The van der Waals surface area contributed by atoms with Crippen molar-refractivity contribution < 1.29 is 28.6 Å². The second-order valence-corrected chi connectivity index (χ2v) is 16.0. The summed E-state index contributed by atoms with van der Waals surface area (Å²) in [5.41, 5.74) is 0. The van der Waals surface area contributed by atoms with Crippen molar-refractivity contribution in [3.63, 3.8) is 0 Å². The maximum Gasteiger partial charge on any atom is 0.306 e. The number of hydrogen-bond donors (Lipinski definition) is 0. The van der Waals surface area contributed by atoms with Crippen molar-refractivity contribution in [1.29, 1.82) is 0 Å². The molecule has 56 heavy (non-hydrogen) atoms. The first-order valence-electron chi connectivity index (χ1n) is 24.0. The van der Waals surface area contributed by atoms with Crippen LogP contribution in [0, 0.1) is 0 Å². The van der Waals surface area contributed by atoms with Gasteiger partial charge in [-0.2, -0.15) is 0 Å². The summed E-state index contributed by atoms with van der Waals surface area (Å²) in [7, 11) is 0. The predicted octanol–water partition coefficient (Wildman–Crippen LogP) is 15.4. The first-order valence-corrected chi connectivity index (χ1v) is 24.0. The van der Waals surface area contributed by atoms with Gasteiger partial charge in [0.15, 0.2) is 6.10 Å². The highest BCUT2D eigenvalue weighted by Crippen LogP contribution is 2.15. The van der Waals surface area contributed by atoms with Gasteiger partial charge >= 0.3 is 17.9 Å². The molecule has 0 heterocycles. The molecular weight excluding hydrogens is 697 g/mol. The van der Waals surface area contributed by atoms with Crippen molar-refractivity contribution in [2.24, 2.45) is 0 Å². The largest absolute Gasteiger partial charge is 0.462 e. The van der Waals surface area contributed by atoms with E-state index in [1.165, 1.54) is 116 Å². The van der Waals surface area contributed by atoms with Gasteiger partial charge in [-0.15, -0.1) is 0 Å². The molecule has 0 rings (SSSR count). The van der Waals surface area contributed by atoms with Gasteiger partial charge in [-0.1, -0.05) is 192 Å². The zero-order chi connectivity index (χ0) is 40.8. The topological polar surface area (TPSA) is 78.9 Å². The molecule has 0 N–H and O–H groups in total.